The Morgan fingerprint density at radius 3 is 2.68 bits per heavy atom. The Kier molecular flexibility index (Phi) is 5.99. The van der Waals surface area contributed by atoms with Gasteiger partial charge < -0.3 is 15.0 Å². The van der Waals surface area contributed by atoms with E-state index in [0.29, 0.717) is 18.1 Å². The Morgan fingerprint density at radius 1 is 1.19 bits per heavy atom. The maximum absolute atomic E-state index is 12.7. The fraction of sp³-hybridized carbons (Fsp3) is 0.304. The molecule has 1 N–H and O–H groups in total. The number of aromatic nitrogens is 2. The molecule has 0 spiro atoms. The first kappa shape index (κ1) is 21.0. The fourth-order valence-corrected chi connectivity index (χ4v) is 4.50. The summed E-state index contributed by atoms with van der Waals surface area (Å²) in [7, 11) is 1.63. The molecule has 1 saturated heterocycles. The highest BCUT2D eigenvalue weighted by Crippen LogP contribution is 2.29. The number of rotatable bonds is 6. The van der Waals surface area contributed by atoms with E-state index >= 15 is 0 Å². The minimum absolute atomic E-state index is 0.0374. The number of carbonyl (C=O) groups is 2. The van der Waals surface area contributed by atoms with E-state index in [-0.39, 0.29) is 18.2 Å². The second kappa shape index (κ2) is 8.85. The SMILES string of the molecule is COc1ccc(Cc2nnc(NC(=O)C3CC(=O)N(c4ccc(C)cc4C)C3)s2)cc1. The van der Waals surface area contributed by atoms with Crippen molar-refractivity contribution >= 4 is 34.0 Å². The van der Waals surface area contributed by atoms with Gasteiger partial charge in [0, 0.05) is 25.1 Å². The van der Waals surface area contributed by atoms with Crippen molar-refractivity contribution in [2.45, 2.75) is 26.7 Å². The summed E-state index contributed by atoms with van der Waals surface area (Å²) in [4.78, 5) is 27.0. The molecule has 1 aliphatic rings. The third-order valence-corrected chi connectivity index (χ3v) is 6.19. The zero-order valence-electron chi connectivity index (χ0n) is 17.7. The van der Waals surface area contributed by atoms with E-state index in [4.69, 9.17) is 4.74 Å². The van der Waals surface area contributed by atoms with Crippen molar-refractivity contribution in [2.75, 3.05) is 23.9 Å². The molecule has 0 aliphatic carbocycles. The number of nitrogens with one attached hydrogen (secondary N) is 1. The predicted molar refractivity (Wildman–Crippen MR) is 121 cm³/mol. The Bertz CT molecular complexity index is 1110. The molecular weight excluding hydrogens is 412 g/mol. The van der Waals surface area contributed by atoms with Crippen LogP contribution in [0.25, 0.3) is 0 Å². The van der Waals surface area contributed by atoms with Crippen molar-refractivity contribution in [3.05, 3.63) is 64.2 Å². The topological polar surface area (TPSA) is 84.4 Å². The van der Waals surface area contributed by atoms with Gasteiger partial charge in [0.1, 0.15) is 10.8 Å². The molecule has 160 valence electrons. The highest BCUT2D eigenvalue weighted by Gasteiger charge is 2.36. The van der Waals surface area contributed by atoms with E-state index in [1.54, 1.807) is 12.0 Å². The minimum atomic E-state index is -0.415. The molecule has 1 unspecified atom stereocenters. The van der Waals surface area contributed by atoms with Gasteiger partial charge in [0.05, 0.1) is 13.0 Å². The third-order valence-electron chi connectivity index (χ3n) is 5.35. The summed E-state index contributed by atoms with van der Waals surface area (Å²) < 4.78 is 5.17. The number of ether oxygens (including phenoxy) is 1. The van der Waals surface area contributed by atoms with E-state index in [2.05, 4.69) is 15.5 Å². The maximum Gasteiger partial charge on any atom is 0.231 e. The molecule has 0 bridgehead atoms. The molecule has 0 saturated carbocycles. The summed E-state index contributed by atoms with van der Waals surface area (Å²) >= 11 is 1.34. The average Bonchev–Trinajstić information content (AvgIpc) is 3.35. The Balaban J connectivity index is 1.38. The number of anilines is 2. The molecule has 1 atom stereocenters. The van der Waals surface area contributed by atoms with Crippen LogP contribution in [-0.2, 0) is 16.0 Å². The van der Waals surface area contributed by atoms with Gasteiger partial charge in [-0.25, -0.2) is 0 Å². The van der Waals surface area contributed by atoms with Crippen LogP contribution in [0.2, 0.25) is 0 Å². The lowest BCUT2D eigenvalue weighted by atomic mass is 10.1. The van der Waals surface area contributed by atoms with Gasteiger partial charge in [-0.2, -0.15) is 0 Å². The van der Waals surface area contributed by atoms with Crippen LogP contribution in [0.1, 0.15) is 28.1 Å². The summed E-state index contributed by atoms with van der Waals surface area (Å²) in [5.74, 6) is 0.148. The van der Waals surface area contributed by atoms with Crippen molar-refractivity contribution in [3.63, 3.8) is 0 Å². The van der Waals surface area contributed by atoms with Crippen LogP contribution in [0.4, 0.5) is 10.8 Å². The lowest BCUT2D eigenvalue weighted by molar-refractivity contribution is -0.122. The number of carbonyl (C=O) groups excluding carboxylic acids is 2. The lowest BCUT2D eigenvalue weighted by Gasteiger charge is -2.19. The van der Waals surface area contributed by atoms with Gasteiger partial charge in [0.2, 0.25) is 16.9 Å². The van der Waals surface area contributed by atoms with Crippen molar-refractivity contribution in [3.8, 4) is 5.75 Å². The number of hydrogen-bond acceptors (Lipinski definition) is 6. The molecule has 2 heterocycles. The summed E-state index contributed by atoms with van der Waals surface area (Å²) in [6.07, 6.45) is 0.816. The smallest absolute Gasteiger partial charge is 0.231 e. The van der Waals surface area contributed by atoms with Crippen LogP contribution in [0, 0.1) is 19.8 Å². The van der Waals surface area contributed by atoms with Gasteiger partial charge in [-0.1, -0.05) is 41.2 Å². The molecule has 2 aromatic carbocycles. The van der Waals surface area contributed by atoms with Crippen LogP contribution in [0.5, 0.6) is 5.75 Å². The van der Waals surface area contributed by atoms with Crippen LogP contribution < -0.4 is 15.0 Å². The van der Waals surface area contributed by atoms with E-state index < -0.39 is 5.92 Å². The fourth-order valence-electron chi connectivity index (χ4n) is 3.73. The molecule has 4 rings (SSSR count). The second-order valence-corrected chi connectivity index (χ2v) is 8.77. The van der Waals surface area contributed by atoms with E-state index in [1.807, 2.05) is 56.3 Å². The van der Waals surface area contributed by atoms with E-state index in [0.717, 1.165) is 33.1 Å². The first-order valence-electron chi connectivity index (χ1n) is 10.1. The van der Waals surface area contributed by atoms with Crippen molar-refractivity contribution < 1.29 is 14.3 Å². The molecule has 8 heteroatoms. The van der Waals surface area contributed by atoms with Gasteiger partial charge >= 0.3 is 0 Å². The Morgan fingerprint density at radius 2 is 1.97 bits per heavy atom. The highest BCUT2D eigenvalue weighted by molar-refractivity contribution is 7.15. The van der Waals surface area contributed by atoms with Gasteiger partial charge in [-0.05, 0) is 43.2 Å². The Labute approximate surface area is 185 Å². The standard InChI is InChI=1S/C23H24N4O3S/c1-14-4-9-19(15(2)10-14)27-13-17(12-21(27)28)22(29)24-23-26-25-20(31-23)11-16-5-7-18(30-3)8-6-16/h4-10,17H,11-13H2,1-3H3,(H,24,26,29). The zero-order chi connectivity index (χ0) is 22.0. The van der Waals surface area contributed by atoms with Crippen LogP contribution in [0.15, 0.2) is 42.5 Å². The second-order valence-electron chi connectivity index (χ2n) is 7.71. The number of hydrogen-bond donors (Lipinski definition) is 1. The van der Waals surface area contributed by atoms with Crippen LogP contribution >= 0.6 is 11.3 Å². The number of amides is 2. The number of nitrogens with zero attached hydrogens (tertiary/aromatic N) is 3. The van der Waals surface area contributed by atoms with Gasteiger partial charge in [0.15, 0.2) is 0 Å². The zero-order valence-corrected chi connectivity index (χ0v) is 18.5. The van der Waals surface area contributed by atoms with Gasteiger partial charge in [-0.15, -0.1) is 10.2 Å². The monoisotopic (exact) mass is 436 g/mol. The van der Waals surface area contributed by atoms with Crippen molar-refractivity contribution in [1.82, 2.24) is 10.2 Å². The van der Waals surface area contributed by atoms with Crippen LogP contribution in [-0.4, -0.2) is 35.7 Å². The summed E-state index contributed by atoms with van der Waals surface area (Å²) in [5, 5.41) is 12.4. The normalized spacial score (nSPS) is 15.9. The predicted octanol–water partition coefficient (Wildman–Crippen LogP) is 3.75. The first-order chi connectivity index (χ1) is 14.9. The molecule has 1 fully saturated rings. The number of aryl methyl sites for hydroxylation is 2. The quantitative estimate of drug-likeness (QED) is 0.636. The van der Waals surface area contributed by atoms with E-state index in [9.17, 15) is 9.59 Å². The van der Waals surface area contributed by atoms with Gasteiger partial charge in [-0.3, -0.25) is 9.59 Å². The summed E-state index contributed by atoms with van der Waals surface area (Å²) in [6, 6.07) is 13.7. The molecule has 2 amide bonds. The number of benzene rings is 2. The molecule has 31 heavy (non-hydrogen) atoms. The lowest BCUT2D eigenvalue weighted by Crippen LogP contribution is -2.28. The first-order valence-corrected chi connectivity index (χ1v) is 10.9. The third kappa shape index (κ3) is 4.74. The van der Waals surface area contributed by atoms with Crippen molar-refractivity contribution in [1.29, 1.82) is 0 Å². The molecule has 0 radical (unpaired) electrons. The number of methoxy groups -OCH3 is 1. The highest BCUT2D eigenvalue weighted by atomic mass is 32.1. The van der Waals surface area contributed by atoms with Crippen molar-refractivity contribution in [2.24, 2.45) is 5.92 Å². The summed E-state index contributed by atoms with van der Waals surface area (Å²) in [5.41, 5.74) is 4.12. The largest absolute Gasteiger partial charge is 0.497 e. The summed E-state index contributed by atoms with van der Waals surface area (Å²) in [6.45, 7) is 4.37. The Hall–Kier alpha value is -3.26. The van der Waals surface area contributed by atoms with E-state index in [1.165, 1.54) is 11.3 Å². The molecule has 3 aromatic rings. The van der Waals surface area contributed by atoms with Crippen LogP contribution in [0.3, 0.4) is 0 Å². The molecule has 7 nitrogen and oxygen atoms in total. The maximum atomic E-state index is 12.7. The van der Waals surface area contributed by atoms with Gasteiger partial charge in [0.25, 0.3) is 0 Å². The molecule has 1 aliphatic heterocycles. The molecular formula is C23H24N4O3S. The molecule has 1 aromatic heterocycles. The minimum Gasteiger partial charge on any atom is -0.497 e. The average molecular weight is 437 g/mol.